The quantitative estimate of drug-likeness (QED) is 0.582. The van der Waals surface area contributed by atoms with Crippen molar-refractivity contribution in [3.05, 3.63) is 0 Å². The Labute approximate surface area is 65.9 Å². The highest BCUT2D eigenvalue weighted by molar-refractivity contribution is 6.64. The first-order valence-electron chi connectivity index (χ1n) is 3.62. The SMILES string of the molecule is CC1CCNCC1C(=O)Cl. The maximum atomic E-state index is 10.7. The van der Waals surface area contributed by atoms with Gasteiger partial charge in [0.15, 0.2) is 0 Å². The van der Waals surface area contributed by atoms with E-state index < -0.39 is 0 Å². The van der Waals surface area contributed by atoms with Crippen molar-refractivity contribution < 1.29 is 4.79 Å². The van der Waals surface area contributed by atoms with Crippen molar-refractivity contribution in [2.24, 2.45) is 11.8 Å². The summed E-state index contributed by atoms with van der Waals surface area (Å²) in [6, 6.07) is 0. The molecule has 58 valence electrons. The number of hydrogen-bond donors (Lipinski definition) is 1. The summed E-state index contributed by atoms with van der Waals surface area (Å²) in [5, 5.41) is 2.95. The zero-order valence-electron chi connectivity index (χ0n) is 6.06. The fraction of sp³-hybridized carbons (Fsp3) is 0.857. The molecular formula is C7H12ClNO. The highest BCUT2D eigenvalue weighted by Gasteiger charge is 2.25. The van der Waals surface area contributed by atoms with E-state index in [0.29, 0.717) is 5.92 Å². The lowest BCUT2D eigenvalue weighted by Gasteiger charge is -2.26. The Morgan fingerprint density at radius 3 is 2.80 bits per heavy atom. The molecule has 1 saturated heterocycles. The molecule has 0 spiro atoms. The predicted octanol–water partition coefficient (Wildman–Crippen LogP) is 0.997. The second kappa shape index (κ2) is 3.35. The molecule has 0 aromatic heterocycles. The van der Waals surface area contributed by atoms with Gasteiger partial charge in [-0.05, 0) is 30.5 Å². The van der Waals surface area contributed by atoms with Crippen molar-refractivity contribution in [1.29, 1.82) is 0 Å². The van der Waals surface area contributed by atoms with Crippen LogP contribution >= 0.6 is 11.6 Å². The zero-order valence-corrected chi connectivity index (χ0v) is 6.82. The van der Waals surface area contributed by atoms with Crippen molar-refractivity contribution in [3.63, 3.8) is 0 Å². The highest BCUT2D eigenvalue weighted by Crippen LogP contribution is 2.20. The summed E-state index contributed by atoms with van der Waals surface area (Å²) in [6.45, 7) is 3.84. The van der Waals surface area contributed by atoms with Crippen LogP contribution in [-0.4, -0.2) is 18.3 Å². The van der Waals surface area contributed by atoms with Crippen LogP contribution in [0.1, 0.15) is 13.3 Å². The van der Waals surface area contributed by atoms with E-state index in [2.05, 4.69) is 12.2 Å². The van der Waals surface area contributed by atoms with Crippen LogP contribution in [0.4, 0.5) is 0 Å². The standard InChI is InChI=1S/C7H12ClNO/c1-5-2-3-9-4-6(5)7(8)10/h5-6,9H,2-4H2,1H3. The summed E-state index contributed by atoms with van der Waals surface area (Å²) in [5.41, 5.74) is 0. The largest absolute Gasteiger partial charge is 0.316 e. The molecule has 2 nitrogen and oxygen atoms in total. The summed E-state index contributed by atoms with van der Waals surface area (Å²) >= 11 is 5.37. The maximum Gasteiger partial charge on any atom is 0.226 e. The number of hydrogen-bond acceptors (Lipinski definition) is 2. The first-order chi connectivity index (χ1) is 4.72. The minimum atomic E-state index is -0.195. The van der Waals surface area contributed by atoms with E-state index in [0.717, 1.165) is 19.5 Å². The molecule has 1 heterocycles. The first kappa shape index (κ1) is 8.02. The number of carbonyl (C=O) groups excluding carboxylic acids is 1. The maximum absolute atomic E-state index is 10.7. The topological polar surface area (TPSA) is 29.1 Å². The molecule has 1 fully saturated rings. The van der Waals surface area contributed by atoms with Gasteiger partial charge >= 0.3 is 0 Å². The van der Waals surface area contributed by atoms with Gasteiger partial charge in [-0.25, -0.2) is 0 Å². The Bertz CT molecular complexity index is 138. The monoisotopic (exact) mass is 161 g/mol. The van der Waals surface area contributed by atoms with Gasteiger partial charge in [-0.1, -0.05) is 6.92 Å². The van der Waals surface area contributed by atoms with E-state index >= 15 is 0 Å². The molecule has 0 aromatic carbocycles. The normalized spacial score (nSPS) is 33.8. The van der Waals surface area contributed by atoms with Crippen LogP contribution in [0.2, 0.25) is 0 Å². The van der Waals surface area contributed by atoms with E-state index in [4.69, 9.17) is 11.6 Å². The molecule has 1 aliphatic heterocycles. The average molecular weight is 162 g/mol. The third kappa shape index (κ3) is 1.70. The molecule has 0 aromatic rings. The van der Waals surface area contributed by atoms with E-state index in [1.54, 1.807) is 0 Å². The Hall–Kier alpha value is -0.0800. The molecule has 1 aliphatic rings. The van der Waals surface area contributed by atoms with Crippen LogP contribution in [0, 0.1) is 11.8 Å². The minimum Gasteiger partial charge on any atom is -0.316 e. The molecular weight excluding hydrogens is 150 g/mol. The smallest absolute Gasteiger partial charge is 0.226 e. The molecule has 0 bridgehead atoms. The van der Waals surface area contributed by atoms with Crippen LogP contribution in [0.3, 0.4) is 0 Å². The molecule has 10 heavy (non-hydrogen) atoms. The Morgan fingerprint density at radius 2 is 2.40 bits per heavy atom. The summed E-state index contributed by atoms with van der Waals surface area (Å²) in [4.78, 5) is 10.7. The van der Waals surface area contributed by atoms with Crippen LogP contribution < -0.4 is 5.32 Å². The third-order valence-corrected chi connectivity index (χ3v) is 2.40. The van der Waals surface area contributed by atoms with Crippen LogP contribution in [0.15, 0.2) is 0 Å². The first-order valence-corrected chi connectivity index (χ1v) is 3.99. The summed E-state index contributed by atoms with van der Waals surface area (Å²) in [6.07, 6.45) is 1.06. The van der Waals surface area contributed by atoms with Gasteiger partial charge in [-0.15, -0.1) is 0 Å². The van der Waals surface area contributed by atoms with E-state index in [9.17, 15) is 4.79 Å². The number of rotatable bonds is 1. The lowest BCUT2D eigenvalue weighted by Crippen LogP contribution is -2.38. The summed E-state index contributed by atoms with van der Waals surface area (Å²) in [7, 11) is 0. The van der Waals surface area contributed by atoms with Crippen LogP contribution in [0.25, 0.3) is 0 Å². The molecule has 2 atom stereocenters. The van der Waals surface area contributed by atoms with Gasteiger partial charge in [-0.3, -0.25) is 4.79 Å². The Kier molecular flexibility index (Phi) is 2.69. The zero-order chi connectivity index (χ0) is 7.56. The van der Waals surface area contributed by atoms with Crippen molar-refractivity contribution in [2.75, 3.05) is 13.1 Å². The van der Waals surface area contributed by atoms with Gasteiger partial charge in [0.05, 0.1) is 0 Å². The third-order valence-electron chi connectivity index (χ3n) is 2.12. The van der Waals surface area contributed by atoms with E-state index in [1.807, 2.05) is 0 Å². The summed E-state index contributed by atoms with van der Waals surface area (Å²) in [5.74, 6) is 0.488. The molecule has 0 saturated carbocycles. The fourth-order valence-corrected chi connectivity index (χ4v) is 1.59. The minimum absolute atomic E-state index is 0.0374. The molecule has 1 N–H and O–H groups in total. The van der Waals surface area contributed by atoms with Gasteiger partial charge in [0.1, 0.15) is 0 Å². The van der Waals surface area contributed by atoms with Gasteiger partial charge in [-0.2, -0.15) is 0 Å². The lowest BCUT2D eigenvalue weighted by atomic mass is 9.89. The van der Waals surface area contributed by atoms with Crippen molar-refractivity contribution in [1.82, 2.24) is 5.32 Å². The van der Waals surface area contributed by atoms with Crippen molar-refractivity contribution >= 4 is 16.8 Å². The second-order valence-corrected chi connectivity index (χ2v) is 3.25. The van der Waals surface area contributed by atoms with E-state index in [1.165, 1.54) is 0 Å². The number of piperidine rings is 1. The predicted molar refractivity (Wildman–Crippen MR) is 41.0 cm³/mol. The molecule has 1 rings (SSSR count). The Balaban J connectivity index is 2.47. The van der Waals surface area contributed by atoms with Crippen molar-refractivity contribution in [3.8, 4) is 0 Å². The Morgan fingerprint density at radius 1 is 1.70 bits per heavy atom. The highest BCUT2D eigenvalue weighted by atomic mass is 35.5. The van der Waals surface area contributed by atoms with Gasteiger partial charge in [0, 0.05) is 12.5 Å². The van der Waals surface area contributed by atoms with Crippen molar-refractivity contribution in [2.45, 2.75) is 13.3 Å². The number of nitrogens with one attached hydrogen (secondary N) is 1. The fourth-order valence-electron chi connectivity index (χ4n) is 1.29. The van der Waals surface area contributed by atoms with Crippen LogP contribution in [0.5, 0.6) is 0 Å². The van der Waals surface area contributed by atoms with Gasteiger partial charge in [0.25, 0.3) is 0 Å². The molecule has 3 heteroatoms. The lowest BCUT2D eigenvalue weighted by molar-refractivity contribution is -0.116. The number of halogens is 1. The molecule has 0 aliphatic carbocycles. The molecule has 0 radical (unpaired) electrons. The van der Waals surface area contributed by atoms with Gasteiger partial charge < -0.3 is 5.32 Å². The molecule has 2 unspecified atom stereocenters. The second-order valence-electron chi connectivity index (χ2n) is 2.88. The average Bonchev–Trinajstić information content (AvgIpc) is 1.88. The number of carbonyl (C=O) groups is 1. The van der Waals surface area contributed by atoms with Gasteiger partial charge in [0.2, 0.25) is 5.24 Å². The summed E-state index contributed by atoms with van der Waals surface area (Å²) < 4.78 is 0. The van der Waals surface area contributed by atoms with Crippen LogP contribution in [-0.2, 0) is 4.79 Å². The molecule has 0 amide bonds. The van der Waals surface area contributed by atoms with E-state index in [-0.39, 0.29) is 11.2 Å².